The molecule has 1 saturated heterocycles. The lowest BCUT2D eigenvalue weighted by Crippen LogP contribution is -2.50. The van der Waals surface area contributed by atoms with Gasteiger partial charge in [-0.25, -0.2) is 9.78 Å². The zero-order valence-electron chi connectivity index (χ0n) is 17.7. The van der Waals surface area contributed by atoms with Crippen LogP contribution in [0.4, 0.5) is 11.5 Å². The topological polar surface area (TPSA) is 120 Å². The fourth-order valence-corrected chi connectivity index (χ4v) is 4.16. The summed E-state index contributed by atoms with van der Waals surface area (Å²) >= 11 is 3.42. The van der Waals surface area contributed by atoms with Crippen molar-refractivity contribution in [1.82, 2.24) is 14.5 Å². The summed E-state index contributed by atoms with van der Waals surface area (Å²) in [7, 11) is 0. The Hall–Kier alpha value is -3.66. The van der Waals surface area contributed by atoms with Crippen molar-refractivity contribution >= 4 is 56.0 Å². The molecule has 3 N–H and O–H groups in total. The molecule has 2 aromatic heterocycles. The lowest BCUT2D eigenvalue weighted by Gasteiger charge is -2.38. The second-order valence-corrected chi connectivity index (χ2v) is 8.74. The molecule has 170 valence electrons. The van der Waals surface area contributed by atoms with Gasteiger partial charge >= 0.3 is 5.97 Å². The predicted octanol–water partition coefficient (Wildman–Crippen LogP) is 3.17. The molecule has 1 amide bonds. The van der Waals surface area contributed by atoms with Crippen LogP contribution in [0.25, 0.3) is 10.9 Å². The quantitative estimate of drug-likeness (QED) is 0.352. The number of nitrogen functional groups attached to an aromatic ring is 1. The van der Waals surface area contributed by atoms with Crippen molar-refractivity contribution in [2.45, 2.75) is 13.0 Å². The highest BCUT2D eigenvalue weighted by Gasteiger charge is 2.31. The van der Waals surface area contributed by atoms with Crippen LogP contribution in [0.2, 0.25) is 0 Å². The number of halogens is 1. The van der Waals surface area contributed by atoms with Crippen molar-refractivity contribution in [3.05, 3.63) is 65.4 Å². The smallest absolute Gasteiger partial charge is 0.365 e. The van der Waals surface area contributed by atoms with E-state index in [4.69, 9.17) is 10.6 Å². The Balaban J connectivity index is 1.47. The molecular weight excluding hydrogens is 490 g/mol. The molecule has 0 unspecified atom stereocenters. The van der Waals surface area contributed by atoms with Gasteiger partial charge < -0.3 is 20.0 Å². The summed E-state index contributed by atoms with van der Waals surface area (Å²) in [5.41, 5.74) is 9.67. The van der Waals surface area contributed by atoms with E-state index in [0.717, 1.165) is 9.99 Å². The number of carbonyl (C=O) groups excluding carboxylic acids is 3. The zero-order chi connectivity index (χ0) is 23.5. The molecule has 1 aromatic carbocycles. The van der Waals surface area contributed by atoms with Crippen molar-refractivity contribution < 1.29 is 19.2 Å². The number of nitrogens with zero attached hydrogens (tertiary/aromatic N) is 3. The molecule has 1 fully saturated rings. The Kier molecular flexibility index (Phi) is 6.45. The number of hydrogen-bond acceptors (Lipinski definition) is 7. The number of hydrogen-bond donors (Lipinski definition) is 2. The summed E-state index contributed by atoms with van der Waals surface area (Å²) in [6.07, 6.45) is 4.77. The number of pyridine rings is 1. The highest BCUT2D eigenvalue weighted by Crippen LogP contribution is 2.27. The molecule has 33 heavy (non-hydrogen) atoms. The van der Waals surface area contributed by atoms with E-state index in [2.05, 4.69) is 33.0 Å². The molecule has 3 aromatic rings. The molecule has 1 aliphatic heterocycles. The van der Waals surface area contributed by atoms with Gasteiger partial charge in [0.2, 0.25) is 5.91 Å². The van der Waals surface area contributed by atoms with Crippen LogP contribution in [0, 0.1) is 5.92 Å². The molecule has 0 bridgehead atoms. The second-order valence-electron chi connectivity index (χ2n) is 7.82. The van der Waals surface area contributed by atoms with Gasteiger partial charge in [0.05, 0.1) is 17.8 Å². The van der Waals surface area contributed by atoms with E-state index in [-0.39, 0.29) is 30.0 Å². The number of rotatable bonds is 8. The van der Waals surface area contributed by atoms with E-state index in [9.17, 15) is 14.4 Å². The number of benzene rings is 1. The zero-order valence-corrected chi connectivity index (χ0v) is 19.2. The maximum Gasteiger partial charge on any atom is 0.365 e. The molecule has 4 rings (SSSR count). The largest absolute Gasteiger partial charge is 0.396 e. The van der Waals surface area contributed by atoms with Crippen LogP contribution in [-0.2, 0) is 21.0 Å². The van der Waals surface area contributed by atoms with Crippen molar-refractivity contribution in [2.75, 3.05) is 24.3 Å². The summed E-state index contributed by atoms with van der Waals surface area (Å²) in [6, 6.07) is 8.78. The lowest BCUT2D eigenvalue weighted by atomic mass is 9.94. The molecule has 9 nitrogen and oxygen atoms in total. The van der Waals surface area contributed by atoms with E-state index in [0.29, 0.717) is 36.1 Å². The van der Waals surface area contributed by atoms with Crippen LogP contribution in [0.5, 0.6) is 0 Å². The Bertz CT molecular complexity index is 1250. The van der Waals surface area contributed by atoms with Gasteiger partial charge in [0, 0.05) is 53.2 Å². The highest BCUT2D eigenvalue weighted by atomic mass is 79.9. The molecule has 0 saturated carbocycles. The second kappa shape index (κ2) is 9.45. The molecule has 1 aliphatic rings. The average molecular weight is 512 g/mol. The van der Waals surface area contributed by atoms with Crippen LogP contribution in [0.15, 0.2) is 59.9 Å². The van der Waals surface area contributed by atoms with Crippen LogP contribution >= 0.6 is 15.9 Å². The van der Waals surface area contributed by atoms with E-state index < -0.39 is 5.97 Å². The maximum atomic E-state index is 12.8. The van der Waals surface area contributed by atoms with Crippen LogP contribution in [-0.4, -0.2) is 45.2 Å². The first-order valence-electron chi connectivity index (χ1n) is 10.2. The fraction of sp³-hybridized carbons (Fsp3) is 0.217. The first-order chi connectivity index (χ1) is 15.9. The molecule has 10 heteroatoms. The number of carbonyl (C=O) groups is 3. The Labute approximate surface area is 198 Å². The molecular formula is C23H22BrN5O4. The van der Waals surface area contributed by atoms with Gasteiger partial charge in [-0.2, -0.15) is 5.48 Å². The number of aromatic nitrogens is 2. The number of fused-ring (bicyclic) bond motifs is 1. The van der Waals surface area contributed by atoms with Crippen molar-refractivity contribution in [3.8, 4) is 0 Å². The monoisotopic (exact) mass is 511 g/mol. The number of Topliss-reactive ketones (excluding diaryl/α,β-unsaturated/α-hetero) is 1. The van der Waals surface area contributed by atoms with Gasteiger partial charge in [-0.05, 0) is 36.4 Å². The van der Waals surface area contributed by atoms with Crippen molar-refractivity contribution in [2.24, 2.45) is 5.92 Å². The predicted molar refractivity (Wildman–Crippen MR) is 127 cm³/mol. The maximum absolute atomic E-state index is 12.8. The molecule has 0 spiro atoms. The third-order valence-corrected chi connectivity index (χ3v) is 5.94. The van der Waals surface area contributed by atoms with Gasteiger partial charge in [-0.3, -0.25) is 9.59 Å². The molecule has 0 aliphatic carbocycles. The van der Waals surface area contributed by atoms with Gasteiger partial charge in [-0.15, -0.1) is 0 Å². The van der Waals surface area contributed by atoms with Gasteiger partial charge in [0.25, 0.3) is 0 Å². The van der Waals surface area contributed by atoms with Gasteiger partial charge in [0.1, 0.15) is 0 Å². The number of likely N-dealkylation sites (tertiary alicyclic amines) is 1. The summed E-state index contributed by atoms with van der Waals surface area (Å²) in [5, 5.41) is 0.643. The number of anilines is 2. The lowest BCUT2D eigenvalue weighted by molar-refractivity contribution is -0.134. The minimum Gasteiger partial charge on any atom is -0.396 e. The van der Waals surface area contributed by atoms with E-state index in [1.807, 2.05) is 12.1 Å². The Morgan fingerprint density at radius 1 is 1.30 bits per heavy atom. The van der Waals surface area contributed by atoms with Crippen LogP contribution < -0.4 is 11.2 Å². The average Bonchev–Trinajstić information content (AvgIpc) is 3.12. The van der Waals surface area contributed by atoms with E-state index >= 15 is 0 Å². The first kappa shape index (κ1) is 22.5. The number of nitrogens with one attached hydrogen (secondary N) is 1. The summed E-state index contributed by atoms with van der Waals surface area (Å²) < 4.78 is 2.53. The highest BCUT2D eigenvalue weighted by molar-refractivity contribution is 9.10. The molecule has 0 atom stereocenters. The first-order valence-corrected chi connectivity index (χ1v) is 11.0. The third kappa shape index (κ3) is 4.90. The Morgan fingerprint density at radius 2 is 2.09 bits per heavy atom. The number of ketones is 1. The number of nitrogens with two attached hydrogens (primary N) is 1. The minimum absolute atomic E-state index is 0.0184. The number of amides is 1. The molecule has 0 radical (unpaired) electrons. The van der Waals surface area contributed by atoms with Gasteiger partial charge in [0.15, 0.2) is 11.6 Å². The minimum atomic E-state index is -0.632. The van der Waals surface area contributed by atoms with Crippen molar-refractivity contribution in [3.63, 3.8) is 0 Å². The van der Waals surface area contributed by atoms with E-state index in [1.54, 1.807) is 33.9 Å². The van der Waals surface area contributed by atoms with Crippen LogP contribution in [0.1, 0.15) is 16.8 Å². The van der Waals surface area contributed by atoms with Gasteiger partial charge in [-0.1, -0.05) is 22.5 Å². The molecule has 3 heterocycles. The standard InChI is InChI=1S/C23H22BrN5O4/c1-2-21(31)29-10-14(11-29)8-16(30)12-28-13-18(17-9-15(24)5-6-20(17)28)23(32)33-27-22-19(25)4-3-7-26-22/h2-7,9,13-14H,1,8,10-12,25H2,(H,26,27). The van der Waals surface area contributed by atoms with E-state index in [1.165, 1.54) is 12.3 Å². The summed E-state index contributed by atoms with van der Waals surface area (Å²) in [5.74, 6) is -0.369. The summed E-state index contributed by atoms with van der Waals surface area (Å²) in [4.78, 5) is 48.0. The third-order valence-electron chi connectivity index (χ3n) is 5.45. The van der Waals surface area contributed by atoms with Crippen LogP contribution in [0.3, 0.4) is 0 Å². The Morgan fingerprint density at radius 3 is 2.82 bits per heavy atom. The fourth-order valence-electron chi connectivity index (χ4n) is 3.80. The normalized spacial score (nSPS) is 13.4. The SMILES string of the molecule is C=CC(=O)N1CC(CC(=O)Cn2cc(C(=O)ONc3ncccc3N)c3cc(Br)ccc32)C1. The summed E-state index contributed by atoms with van der Waals surface area (Å²) in [6.45, 7) is 4.69. The van der Waals surface area contributed by atoms with Crippen molar-refractivity contribution in [1.29, 1.82) is 0 Å².